The highest BCUT2D eigenvalue weighted by atomic mass is 16.5. The molecule has 0 aliphatic carbocycles. The zero-order valence-electron chi connectivity index (χ0n) is 15.5. The molecule has 6 nitrogen and oxygen atoms in total. The Kier molecular flexibility index (Phi) is 6.30. The molecule has 1 saturated heterocycles. The van der Waals surface area contributed by atoms with Gasteiger partial charge in [-0.05, 0) is 36.2 Å². The summed E-state index contributed by atoms with van der Waals surface area (Å²) in [5.41, 5.74) is 2.05. The average molecular weight is 367 g/mol. The van der Waals surface area contributed by atoms with Crippen molar-refractivity contribution in [1.29, 1.82) is 0 Å². The maximum absolute atomic E-state index is 12.2. The molecular weight excluding hydrogens is 342 g/mol. The van der Waals surface area contributed by atoms with E-state index in [-0.39, 0.29) is 17.9 Å². The first-order valence-electron chi connectivity index (χ1n) is 9.16. The van der Waals surface area contributed by atoms with Crippen molar-refractivity contribution in [3.63, 3.8) is 0 Å². The van der Waals surface area contributed by atoms with Crippen LogP contribution in [0.2, 0.25) is 0 Å². The van der Waals surface area contributed by atoms with Gasteiger partial charge in [-0.25, -0.2) is 4.79 Å². The van der Waals surface area contributed by atoms with Gasteiger partial charge < -0.3 is 20.3 Å². The number of anilines is 1. The molecule has 0 bridgehead atoms. The number of para-hydroxylation sites is 1. The largest absolute Gasteiger partial charge is 0.497 e. The summed E-state index contributed by atoms with van der Waals surface area (Å²) in [6, 6.07) is 17.2. The van der Waals surface area contributed by atoms with Crippen LogP contribution in [0.15, 0.2) is 54.6 Å². The fourth-order valence-electron chi connectivity index (χ4n) is 3.19. The molecule has 0 unspecified atom stereocenters. The number of ether oxygens (including phenoxy) is 1. The molecule has 1 heterocycles. The van der Waals surface area contributed by atoms with Crippen molar-refractivity contribution >= 4 is 17.6 Å². The molecule has 2 aromatic rings. The topological polar surface area (TPSA) is 70.7 Å². The van der Waals surface area contributed by atoms with Gasteiger partial charge in [0.1, 0.15) is 5.75 Å². The van der Waals surface area contributed by atoms with Crippen molar-refractivity contribution in [2.24, 2.45) is 5.92 Å². The Balaban J connectivity index is 1.37. The van der Waals surface area contributed by atoms with Gasteiger partial charge in [0.2, 0.25) is 5.91 Å². The molecule has 1 aliphatic heterocycles. The van der Waals surface area contributed by atoms with Crippen LogP contribution < -0.4 is 20.3 Å². The minimum atomic E-state index is -0.200. The molecule has 0 saturated carbocycles. The molecule has 1 aliphatic rings. The first-order valence-corrected chi connectivity index (χ1v) is 9.16. The third-order valence-corrected chi connectivity index (χ3v) is 4.68. The standard InChI is InChI=1S/C21H25N3O3/c1-27-19-9-7-16(8-10-19)11-12-22-21(26)23-14-17-13-20(25)24(15-17)18-5-3-2-4-6-18/h2-10,17H,11-15H2,1H3,(H2,22,23,26)/t17-/m1/s1. The zero-order valence-corrected chi connectivity index (χ0v) is 15.5. The Morgan fingerprint density at radius 2 is 1.85 bits per heavy atom. The molecule has 1 fully saturated rings. The number of benzene rings is 2. The van der Waals surface area contributed by atoms with Crippen molar-refractivity contribution in [2.75, 3.05) is 31.6 Å². The van der Waals surface area contributed by atoms with Crippen LogP contribution in [0.5, 0.6) is 5.75 Å². The first-order chi connectivity index (χ1) is 13.2. The number of urea groups is 1. The summed E-state index contributed by atoms with van der Waals surface area (Å²) in [6.45, 7) is 1.68. The van der Waals surface area contributed by atoms with E-state index in [4.69, 9.17) is 4.74 Å². The Labute approximate surface area is 159 Å². The highest BCUT2D eigenvalue weighted by molar-refractivity contribution is 5.95. The lowest BCUT2D eigenvalue weighted by Crippen LogP contribution is -2.39. The summed E-state index contributed by atoms with van der Waals surface area (Å²) in [7, 11) is 1.64. The molecule has 0 radical (unpaired) electrons. The normalized spacial score (nSPS) is 16.3. The number of hydrogen-bond acceptors (Lipinski definition) is 3. The predicted molar refractivity (Wildman–Crippen MR) is 105 cm³/mol. The molecule has 1 atom stereocenters. The van der Waals surface area contributed by atoms with Crippen LogP contribution in [0, 0.1) is 5.92 Å². The number of amides is 3. The lowest BCUT2D eigenvalue weighted by molar-refractivity contribution is -0.117. The quantitative estimate of drug-likeness (QED) is 0.790. The van der Waals surface area contributed by atoms with Crippen LogP contribution in [0.4, 0.5) is 10.5 Å². The van der Waals surface area contributed by atoms with E-state index >= 15 is 0 Å². The second-order valence-electron chi connectivity index (χ2n) is 6.64. The summed E-state index contributed by atoms with van der Waals surface area (Å²) < 4.78 is 5.13. The molecule has 142 valence electrons. The van der Waals surface area contributed by atoms with Gasteiger partial charge in [-0.1, -0.05) is 30.3 Å². The molecule has 3 rings (SSSR count). The SMILES string of the molecule is COc1ccc(CCNC(=O)NC[C@H]2CC(=O)N(c3ccccc3)C2)cc1. The molecule has 3 amide bonds. The summed E-state index contributed by atoms with van der Waals surface area (Å²) in [5, 5.41) is 5.73. The van der Waals surface area contributed by atoms with Crippen molar-refractivity contribution in [3.05, 3.63) is 60.2 Å². The highest BCUT2D eigenvalue weighted by Gasteiger charge is 2.30. The van der Waals surface area contributed by atoms with Gasteiger partial charge in [0.25, 0.3) is 0 Å². The smallest absolute Gasteiger partial charge is 0.314 e. The van der Waals surface area contributed by atoms with Gasteiger partial charge >= 0.3 is 6.03 Å². The second-order valence-corrected chi connectivity index (χ2v) is 6.64. The Morgan fingerprint density at radius 3 is 2.56 bits per heavy atom. The fourth-order valence-corrected chi connectivity index (χ4v) is 3.19. The van der Waals surface area contributed by atoms with Gasteiger partial charge in [-0.2, -0.15) is 0 Å². The number of carbonyl (C=O) groups excluding carboxylic acids is 2. The monoisotopic (exact) mass is 367 g/mol. The number of nitrogens with zero attached hydrogens (tertiary/aromatic N) is 1. The van der Waals surface area contributed by atoms with Crippen molar-refractivity contribution in [1.82, 2.24) is 10.6 Å². The van der Waals surface area contributed by atoms with E-state index in [0.717, 1.165) is 23.4 Å². The Bertz CT molecular complexity index is 762. The average Bonchev–Trinajstić information content (AvgIpc) is 3.08. The van der Waals surface area contributed by atoms with Gasteiger partial charge in [-0.3, -0.25) is 4.79 Å². The van der Waals surface area contributed by atoms with Gasteiger partial charge in [0.05, 0.1) is 7.11 Å². The van der Waals surface area contributed by atoms with Crippen LogP contribution in [0.1, 0.15) is 12.0 Å². The Morgan fingerprint density at radius 1 is 1.11 bits per heavy atom. The molecule has 6 heteroatoms. The summed E-state index contributed by atoms with van der Waals surface area (Å²) >= 11 is 0. The number of rotatable bonds is 7. The fraction of sp³-hybridized carbons (Fsp3) is 0.333. The van der Waals surface area contributed by atoms with Crippen LogP contribution in [0.25, 0.3) is 0 Å². The van der Waals surface area contributed by atoms with Gasteiger partial charge in [0.15, 0.2) is 0 Å². The zero-order chi connectivity index (χ0) is 19.1. The molecule has 27 heavy (non-hydrogen) atoms. The number of carbonyl (C=O) groups is 2. The van der Waals surface area contributed by atoms with E-state index in [1.54, 1.807) is 12.0 Å². The van der Waals surface area contributed by atoms with Crippen LogP contribution in [0.3, 0.4) is 0 Å². The van der Waals surface area contributed by atoms with Crippen LogP contribution in [-0.4, -0.2) is 38.7 Å². The summed E-state index contributed by atoms with van der Waals surface area (Å²) in [4.78, 5) is 26.0. The number of hydrogen-bond donors (Lipinski definition) is 2. The van der Waals surface area contributed by atoms with Crippen LogP contribution in [-0.2, 0) is 11.2 Å². The van der Waals surface area contributed by atoms with Crippen molar-refractivity contribution in [3.8, 4) is 5.75 Å². The third kappa shape index (κ3) is 5.23. The molecular formula is C21H25N3O3. The minimum absolute atomic E-state index is 0.105. The van der Waals surface area contributed by atoms with E-state index in [9.17, 15) is 9.59 Å². The maximum Gasteiger partial charge on any atom is 0.314 e. The summed E-state index contributed by atoms with van der Waals surface area (Å²) in [6.07, 6.45) is 1.21. The molecule has 0 aromatic heterocycles. The molecule has 2 aromatic carbocycles. The summed E-state index contributed by atoms with van der Waals surface area (Å²) in [5.74, 6) is 1.05. The van der Waals surface area contributed by atoms with Crippen molar-refractivity contribution < 1.29 is 14.3 Å². The van der Waals surface area contributed by atoms with E-state index < -0.39 is 0 Å². The van der Waals surface area contributed by atoms with E-state index in [1.807, 2.05) is 54.6 Å². The van der Waals surface area contributed by atoms with Crippen LogP contribution >= 0.6 is 0 Å². The second kappa shape index (κ2) is 9.07. The van der Waals surface area contributed by atoms with E-state index in [1.165, 1.54) is 0 Å². The minimum Gasteiger partial charge on any atom is -0.497 e. The highest BCUT2D eigenvalue weighted by Crippen LogP contribution is 2.24. The lowest BCUT2D eigenvalue weighted by Gasteiger charge is -2.17. The predicted octanol–water partition coefficient (Wildman–Crippen LogP) is 2.59. The Hall–Kier alpha value is -3.02. The molecule has 0 spiro atoms. The van der Waals surface area contributed by atoms with E-state index in [0.29, 0.717) is 26.1 Å². The van der Waals surface area contributed by atoms with Gasteiger partial charge in [-0.15, -0.1) is 0 Å². The van der Waals surface area contributed by atoms with Gasteiger partial charge in [0, 0.05) is 37.7 Å². The first kappa shape index (κ1) is 18.8. The van der Waals surface area contributed by atoms with E-state index in [2.05, 4.69) is 10.6 Å². The maximum atomic E-state index is 12.2. The van der Waals surface area contributed by atoms with Crippen molar-refractivity contribution in [2.45, 2.75) is 12.8 Å². The number of methoxy groups -OCH3 is 1. The third-order valence-electron chi connectivity index (χ3n) is 4.68. The number of nitrogens with one attached hydrogen (secondary N) is 2. The lowest BCUT2D eigenvalue weighted by atomic mass is 10.1. The molecule has 2 N–H and O–H groups in total.